The van der Waals surface area contributed by atoms with Crippen LogP contribution in [-0.2, 0) is 5.92 Å². The Hall–Kier alpha value is -2.94. The van der Waals surface area contributed by atoms with Crippen LogP contribution in [0.25, 0.3) is 10.9 Å². The number of hydrogen-bond acceptors (Lipinski definition) is 6. The van der Waals surface area contributed by atoms with Crippen molar-refractivity contribution in [2.24, 2.45) is 0 Å². The molecule has 0 aliphatic heterocycles. The van der Waals surface area contributed by atoms with Gasteiger partial charge in [-0.1, -0.05) is 12.1 Å². The zero-order valence-electron chi connectivity index (χ0n) is 15.5. The third-order valence-corrected chi connectivity index (χ3v) is 4.32. The highest BCUT2D eigenvalue weighted by molar-refractivity contribution is 5.89. The molecule has 1 aromatic carbocycles. The molecular formula is C19H19F3N4O2. The van der Waals surface area contributed by atoms with Crippen LogP contribution in [0.15, 0.2) is 30.5 Å². The lowest BCUT2D eigenvalue weighted by Gasteiger charge is -2.21. The van der Waals surface area contributed by atoms with Gasteiger partial charge in [0.2, 0.25) is 5.88 Å². The zero-order valence-corrected chi connectivity index (χ0v) is 15.5. The van der Waals surface area contributed by atoms with Crippen molar-refractivity contribution in [1.29, 1.82) is 0 Å². The van der Waals surface area contributed by atoms with Crippen molar-refractivity contribution in [2.45, 2.75) is 25.8 Å². The Morgan fingerprint density at radius 3 is 2.71 bits per heavy atom. The molecule has 6 nitrogen and oxygen atoms in total. The predicted octanol–water partition coefficient (Wildman–Crippen LogP) is 3.74. The van der Waals surface area contributed by atoms with Crippen LogP contribution in [0.4, 0.5) is 19.0 Å². The molecule has 0 spiro atoms. The summed E-state index contributed by atoms with van der Waals surface area (Å²) in [6.07, 6.45) is 1.53. The first-order chi connectivity index (χ1) is 13.3. The number of pyridine rings is 1. The largest absolute Gasteiger partial charge is 0.481 e. The molecule has 0 unspecified atom stereocenters. The minimum absolute atomic E-state index is 0.0241. The number of rotatable bonds is 6. The van der Waals surface area contributed by atoms with Gasteiger partial charge in [0.15, 0.2) is 0 Å². The molecule has 0 saturated heterocycles. The molecule has 2 N–H and O–H groups in total. The number of anilines is 1. The van der Waals surface area contributed by atoms with Crippen LogP contribution in [-0.4, -0.2) is 33.8 Å². The second-order valence-corrected chi connectivity index (χ2v) is 6.30. The van der Waals surface area contributed by atoms with E-state index in [0.717, 1.165) is 6.07 Å². The van der Waals surface area contributed by atoms with Gasteiger partial charge in [-0.25, -0.2) is 19.3 Å². The van der Waals surface area contributed by atoms with Crippen molar-refractivity contribution >= 4 is 16.7 Å². The number of nitrogens with zero attached hydrogens (tertiary/aromatic N) is 3. The second kappa shape index (κ2) is 7.59. The highest BCUT2D eigenvalue weighted by atomic mass is 19.3. The van der Waals surface area contributed by atoms with E-state index in [4.69, 9.17) is 9.84 Å². The van der Waals surface area contributed by atoms with Crippen molar-refractivity contribution < 1.29 is 23.0 Å². The van der Waals surface area contributed by atoms with E-state index in [1.807, 2.05) is 0 Å². The van der Waals surface area contributed by atoms with Gasteiger partial charge in [-0.2, -0.15) is 8.78 Å². The normalized spacial score (nSPS) is 12.8. The quantitative estimate of drug-likeness (QED) is 0.665. The van der Waals surface area contributed by atoms with Gasteiger partial charge >= 0.3 is 0 Å². The maximum absolute atomic E-state index is 14.7. The van der Waals surface area contributed by atoms with E-state index in [0.29, 0.717) is 28.4 Å². The fourth-order valence-corrected chi connectivity index (χ4v) is 2.89. The minimum atomic E-state index is -3.67. The summed E-state index contributed by atoms with van der Waals surface area (Å²) in [6, 6.07) is 4.64. The molecule has 0 aliphatic carbocycles. The highest BCUT2D eigenvalue weighted by Gasteiger charge is 2.35. The second-order valence-electron chi connectivity index (χ2n) is 6.30. The van der Waals surface area contributed by atoms with Crippen molar-refractivity contribution in [3.05, 3.63) is 53.2 Å². The van der Waals surface area contributed by atoms with E-state index in [-0.39, 0.29) is 5.56 Å². The summed E-state index contributed by atoms with van der Waals surface area (Å²) in [4.78, 5) is 12.7. The van der Waals surface area contributed by atoms with Gasteiger partial charge in [0.25, 0.3) is 5.92 Å². The number of halogens is 3. The average Bonchev–Trinajstić information content (AvgIpc) is 2.67. The number of aryl methyl sites for hydroxylation is 1. The van der Waals surface area contributed by atoms with Crippen LogP contribution in [0, 0.1) is 12.7 Å². The Bertz CT molecular complexity index is 1010. The molecule has 9 heteroatoms. The number of aromatic nitrogens is 3. The number of benzene rings is 1. The number of aliphatic hydroxyl groups excluding tert-OH is 1. The van der Waals surface area contributed by atoms with Crippen molar-refractivity contribution in [3.63, 3.8) is 0 Å². The fraction of sp³-hybridized carbons (Fsp3) is 0.316. The predicted molar refractivity (Wildman–Crippen MR) is 98.0 cm³/mol. The topological polar surface area (TPSA) is 80.2 Å². The Balaban J connectivity index is 2.02. The summed E-state index contributed by atoms with van der Waals surface area (Å²) >= 11 is 0. The zero-order chi connectivity index (χ0) is 20.5. The molecule has 0 aliphatic rings. The van der Waals surface area contributed by atoms with Gasteiger partial charge < -0.3 is 15.2 Å². The molecule has 2 heterocycles. The van der Waals surface area contributed by atoms with Gasteiger partial charge in [0.05, 0.1) is 30.4 Å². The van der Waals surface area contributed by atoms with E-state index in [9.17, 15) is 13.2 Å². The Morgan fingerprint density at radius 2 is 2.04 bits per heavy atom. The van der Waals surface area contributed by atoms with E-state index in [1.165, 1.54) is 25.4 Å². The van der Waals surface area contributed by atoms with Gasteiger partial charge in [-0.3, -0.25) is 0 Å². The first-order valence-electron chi connectivity index (χ1n) is 8.49. The van der Waals surface area contributed by atoms with Gasteiger partial charge in [0, 0.05) is 17.0 Å². The molecule has 0 fully saturated rings. The van der Waals surface area contributed by atoms with E-state index >= 15 is 0 Å². The molecule has 148 valence electrons. The van der Waals surface area contributed by atoms with Crippen molar-refractivity contribution in [3.8, 4) is 5.88 Å². The lowest BCUT2D eigenvalue weighted by atomic mass is 10.00. The summed E-state index contributed by atoms with van der Waals surface area (Å²) in [6.45, 7) is 1.85. The number of ether oxygens (including phenoxy) is 1. The molecule has 28 heavy (non-hydrogen) atoms. The van der Waals surface area contributed by atoms with Crippen LogP contribution in [0.2, 0.25) is 0 Å². The lowest BCUT2D eigenvalue weighted by molar-refractivity contribution is -0.0583. The smallest absolute Gasteiger partial charge is 0.298 e. The minimum Gasteiger partial charge on any atom is -0.481 e. The highest BCUT2D eigenvalue weighted by Crippen LogP contribution is 2.34. The maximum Gasteiger partial charge on any atom is 0.298 e. The van der Waals surface area contributed by atoms with Gasteiger partial charge in [-0.05, 0) is 19.9 Å². The van der Waals surface area contributed by atoms with Crippen molar-refractivity contribution in [2.75, 3.05) is 19.0 Å². The monoisotopic (exact) mass is 392 g/mol. The van der Waals surface area contributed by atoms with Crippen LogP contribution in [0.3, 0.4) is 0 Å². The van der Waals surface area contributed by atoms with Crippen LogP contribution >= 0.6 is 0 Å². The standard InChI is InChI=1S/C19H19F3N4O2/c1-10(12-5-4-6-14(17(12)20)19(21,22)9-27)24-18-13-7-16(28-3)23-8-15(13)25-11(2)26-18/h4-8,10,27H,9H2,1-3H3,(H,24,25,26)/t10-/m1/s1. The number of methoxy groups -OCH3 is 1. The Kier molecular flexibility index (Phi) is 5.37. The molecule has 3 aromatic rings. The van der Waals surface area contributed by atoms with Crippen molar-refractivity contribution in [1.82, 2.24) is 15.0 Å². The molecule has 2 aromatic heterocycles. The number of nitrogens with one attached hydrogen (secondary N) is 1. The first-order valence-corrected chi connectivity index (χ1v) is 8.49. The number of fused-ring (bicyclic) bond motifs is 1. The van der Waals surface area contributed by atoms with E-state index in [2.05, 4.69) is 20.3 Å². The molecule has 1 atom stereocenters. The summed E-state index contributed by atoms with van der Waals surface area (Å²) in [7, 11) is 1.47. The Morgan fingerprint density at radius 1 is 1.29 bits per heavy atom. The van der Waals surface area contributed by atoms with Gasteiger partial charge in [0.1, 0.15) is 24.1 Å². The maximum atomic E-state index is 14.7. The summed E-state index contributed by atoms with van der Waals surface area (Å²) < 4.78 is 47.5. The molecule has 0 radical (unpaired) electrons. The van der Waals surface area contributed by atoms with Crippen LogP contribution < -0.4 is 10.1 Å². The molecule has 0 bridgehead atoms. The number of alkyl halides is 2. The molecule has 3 rings (SSSR count). The Labute approximate surface area is 159 Å². The van der Waals surface area contributed by atoms with Crippen LogP contribution in [0.5, 0.6) is 5.88 Å². The summed E-state index contributed by atoms with van der Waals surface area (Å²) in [5.74, 6) is -3.52. The lowest BCUT2D eigenvalue weighted by Crippen LogP contribution is -2.22. The third-order valence-electron chi connectivity index (χ3n) is 4.32. The molecule has 0 amide bonds. The number of aliphatic hydroxyl groups is 1. The van der Waals surface area contributed by atoms with E-state index < -0.39 is 30.0 Å². The van der Waals surface area contributed by atoms with Crippen LogP contribution in [0.1, 0.15) is 29.9 Å². The van der Waals surface area contributed by atoms with E-state index in [1.54, 1.807) is 19.9 Å². The summed E-state index contributed by atoms with van der Waals surface area (Å²) in [5, 5.41) is 12.5. The summed E-state index contributed by atoms with van der Waals surface area (Å²) in [5.41, 5.74) is -0.268. The SMILES string of the molecule is COc1cc2c(N[C@H](C)c3cccc(C(F)(F)CO)c3F)nc(C)nc2cn1. The third kappa shape index (κ3) is 3.70. The molecular weight excluding hydrogens is 373 g/mol. The first kappa shape index (κ1) is 19.8. The van der Waals surface area contributed by atoms with Gasteiger partial charge in [-0.15, -0.1) is 0 Å². The number of hydrogen-bond donors (Lipinski definition) is 2. The average molecular weight is 392 g/mol. The molecule has 0 saturated carbocycles. The fourth-order valence-electron chi connectivity index (χ4n) is 2.89.